The first-order valence-corrected chi connectivity index (χ1v) is 7.76. The maximum absolute atomic E-state index is 12.9. The summed E-state index contributed by atoms with van der Waals surface area (Å²) in [6, 6.07) is 2.05. The van der Waals surface area contributed by atoms with Gasteiger partial charge in [-0.2, -0.15) is 10.2 Å². The molecule has 0 aliphatic carbocycles. The summed E-state index contributed by atoms with van der Waals surface area (Å²) in [4.78, 5) is 14.8. The van der Waals surface area contributed by atoms with Gasteiger partial charge in [-0.3, -0.25) is 14.2 Å². The molecule has 3 rings (SSSR count). The Morgan fingerprint density at radius 3 is 2.64 bits per heavy atom. The summed E-state index contributed by atoms with van der Waals surface area (Å²) in [5, 5.41) is 8.86. The molecule has 1 saturated heterocycles. The number of carbonyl (C=O) groups is 1. The zero-order valence-corrected chi connectivity index (χ0v) is 13.7. The third-order valence-electron chi connectivity index (χ3n) is 4.58. The first-order chi connectivity index (χ1) is 10.5. The van der Waals surface area contributed by atoms with E-state index in [-0.39, 0.29) is 5.91 Å². The third-order valence-corrected chi connectivity index (χ3v) is 4.58. The van der Waals surface area contributed by atoms with Crippen LogP contribution in [0.25, 0.3) is 0 Å². The maximum atomic E-state index is 12.9. The van der Waals surface area contributed by atoms with Gasteiger partial charge in [0.1, 0.15) is 0 Å². The third kappa shape index (κ3) is 2.53. The number of amides is 1. The van der Waals surface area contributed by atoms with Crippen LogP contribution >= 0.6 is 0 Å². The van der Waals surface area contributed by atoms with Gasteiger partial charge in [0.2, 0.25) is 0 Å². The molecule has 1 atom stereocenters. The van der Waals surface area contributed by atoms with Crippen molar-refractivity contribution in [2.24, 2.45) is 14.1 Å². The second-order valence-corrected chi connectivity index (χ2v) is 6.17. The van der Waals surface area contributed by atoms with Gasteiger partial charge >= 0.3 is 0 Å². The highest BCUT2D eigenvalue weighted by molar-refractivity contribution is 5.96. The minimum absolute atomic E-state index is 0.101. The van der Waals surface area contributed by atoms with Crippen molar-refractivity contribution in [1.82, 2.24) is 24.5 Å². The van der Waals surface area contributed by atoms with Gasteiger partial charge < -0.3 is 4.90 Å². The zero-order valence-electron chi connectivity index (χ0n) is 13.7. The Bertz CT molecular complexity index is 699. The monoisotopic (exact) mass is 301 g/mol. The van der Waals surface area contributed by atoms with E-state index in [1.165, 1.54) is 0 Å². The highest BCUT2D eigenvalue weighted by Gasteiger charge is 2.29. The lowest BCUT2D eigenvalue weighted by Crippen LogP contribution is -2.39. The average molecular weight is 301 g/mol. The number of likely N-dealkylation sites (tertiary alicyclic amines) is 1. The molecule has 6 nitrogen and oxygen atoms in total. The Hall–Kier alpha value is -2.11. The zero-order chi connectivity index (χ0) is 15.9. The summed E-state index contributed by atoms with van der Waals surface area (Å²) in [7, 11) is 3.81. The van der Waals surface area contributed by atoms with E-state index >= 15 is 0 Å². The molecular formula is C16H23N5O. The first-order valence-electron chi connectivity index (χ1n) is 7.76. The molecule has 22 heavy (non-hydrogen) atoms. The van der Waals surface area contributed by atoms with Crippen molar-refractivity contribution in [2.75, 3.05) is 13.1 Å². The fourth-order valence-corrected chi connectivity index (χ4v) is 3.30. The highest BCUT2D eigenvalue weighted by Crippen LogP contribution is 2.27. The molecule has 0 saturated carbocycles. The van der Waals surface area contributed by atoms with Crippen LogP contribution in [-0.2, 0) is 14.1 Å². The molecule has 118 valence electrons. The number of carbonyl (C=O) groups excluding carboxylic acids is 1. The summed E-state index contributed by atoms with van der Waals surface area (Å²) >= 11 is 0. The minimum Gasteiger partial charge on any atom is -0.338 e. The number of piperidine rings is 1. The fourth-order valence-electron chi connectivity index (χ4n) is 3.30. The van der Waals surface area contributed by atoms with Crippen molar-refractivity contribution in [1.29, 1.82) is 0 Å². The Kier molecular flexibility index (Phi) is 3.76. The van der Waals surface area contributed by atoms with Crippen LogP contribution in [0.5, 0.6) is 0 Å². The van der Waals surface area contributed by atoms with Crippen molar-refractivity contribution >= 4 is 5.91 Å². The molecule has 1 aliphatic heterocycles. The van der Waals surface area contributed by atoms with Crippen LogP contribution in [0.1, 0.15) is 46.2 Å². The van der Waals surface area contributed by atoms with Crippen LogP contribution in [0, 0.1) is 13.8 Å². The SMILES string of the molecule is Cc1nn(C)c(C)c1C(=O)N1CCC[C@H](c2ccn(C)n2)C1. The van der Waals surface area contributed by atoms with Gasteiger partial charge in [0, 0.05) is 45.0 Å². The molecule has 0 spiro atoms. The van der Waals surface area contributed by atoms with E-state index in [1.807, 2.05) is 43.7 Å². The lowest BCUT2D eigenvalue weighted by Gasteiger charge is -2.32. The standard InChI is InChI=1S/C16H23N5O/c1-11-15(12(2)20(4)17-11)16(22)21-8-5-6-13(10-21)14-7-9-19(3)18-14/h7,9,13H,5-6,8,10H2,1-4H3/t13-/m0/s1. The molecule has 0 unspecified atom stereocenters. The Morgan fingerprint density at radius 2 is 2.05 bits per heavy atom. The normalized spacial score (nSPS) is 18.7. The van der Waals surface area contributed by atoms with Gasteiger partial charge in [0.25, 0.3) is 5.91 Å². The van der Waals surface area contributed by atoms with Crippen molar-refractivity contribution in [2.45, 2.75) is 32.6 Å². The predicted octanol–water partition coefficient (Wildman–Crippen LogP) is 1.79. The van der Waals surface area contributed by atoms with Crippen LogP contribution in [0.4, 0.5) is 0 Å². The molecule has 2 aromatic heterocycles. The molecule has 6 heteroatoms. The van der Waals surface area contributed by atoms with Crippen molar-refractivity contribution in [3.05, 3.63) is 34.9 Å². The van der Waals surface area contributed by atoms with Gasteiger partial charge in [-0.25, -0.2) is 0 Å². The smallest absolute Gasteiger partial charge is 0.257 e. The van der Waals surface area contributed by atoms with Crippen LogP contribution in [0.15, 0.2) is 12.3 Å². The molecule has 0 bridgehead atoms. The van der Waals surface area contributed by atoms with E-state index < -0.39 is 0 Å². The average Bonchev–Trinajstić information content (AvgIpc) is 3.03. The molecule has 0 aromatic carbocycles. The lowest BCUT2D eigenvalue weighted by molar-refractivity contribution is 0.0704. The lowest BCUT2D eigenvalue weighted by atomic mass is 9.94. The number of hydrogen-bond donors (Lipinski definition) is 0. The Labute approximate surface area is 130 Å². The number of nitrogens with zero attached hydrogens (tertiary/aromatic N) is 5. The molecule has 1 aliphatic rings. The molecule has 1 fully saturated rings. The van der Waals surface area contributed by atoms with Crippen LogP contribution in [-0.4, -0.2) is 43.5 Å². The van der Waals surface area contributed by atoms with E-state index in [0.29, 0.717) is 5.92 Å². The Balaban J connectivity index is 1.81. The summed E-state index contributed by atoms with van der Waals surface area (Å²) in [5.74, 6) is 0.430. The summed E-state index contributed by atoms with van der Waals surface area (Å²) in [6.07, 6.45) is 4.07. The Morgan fingerprint density at radius 1 is 1.27 bits per heavy atom. The van der Waals surface area contributed by atoms with Gasteiger partial charge in [0.05, 0.1) is 17.0 Å². The molecule has 1 amide bonds. The largest absolute Gasteiger partial charge is 0.338 e. The molecule has 0 N–H and O–H groups in total. The molecular weight excluding hydrogens is 278 g/mol. The molecule has 3 heterocycles. The maximum Gasteiger partial charge on any atom is 0.257 e. The van der Waals surface area contributed by atoms with E-state index in [1.54, 1.807) is 4.68 Å². The fraction of sp³-hybridized carbons (Fsp3) is 0.562. The van der Waals surface area contributed by atoms with Crippen molar-refractivity contribution in [3.63, 3.8) is 0 Å². The van der Waals surface area contributed by atoms with Crippen molar-refractivity contribution in [3.8, 4) is 0 Å². The van der Waals surface area contributed by atoms with Crippen LogP contribution in [0.3, 0.4) is 0 Å². The topological polar surface area (TPSA) is 56.0 Å². The van der Waals surface area contributed by atoms with E-state index in [2.05, 4.69) is 16.3 Å². The van der Waals surface area contributed by atoms with E-state index in [0.717, 1.165) is 48.6 Å². The molecule has 0 radical (unpaired) electrons. The van der Waals surface area contributed by atoms with Crippen molar-refractivity contribution < 1.29 is 4.79 Å². The summed E-state index contributed by atoms with van der Waals surface area (Å²) in [6.45, 7) is 5.41. The minimum atomic E-state index is 0.101. The summed E-state index contributed by atoms with van der Waals surface area (Å²) < 4.78 is 3.61. The van der Waals surface area contributed by atoms with Gasteiger partial charge in [-0.1, -0.05) is 0 Å². The highest BCUT2D eigenvalue weighted by atomic mass is 16.2. The van der Waals surface area contributed by atoms with Crippen LogP contribution in [0.2, 0.25) is 0 Å². The first kappa shape index (κ1) is 14.8. The predicted molar refractivity (Wildman–Crippen MR) is 83.8 cm³/mol. The van der Waals surface area contributed by atoms with E-state index in [4.69, 9.17) is 0 Å². The second kappa shape index (κ2) is 5.59. The number of rotatable bonds is 2. The number of aryl methyl sites for hydroxylation is 3. The van der Waals surface area contributed by atoms with Gasteiger partial charge in [-0.05, 0) is 32.8 Å². The van der Waals surface area contributed by atoms with Gasteiger partial charge in [-0.15, -0.1) is 0 Å². The second-order valence-electron chi connectivity index (χ2n) is 6.17. The van der Waals surface area contributed by atoms with E-state index in [9.17, 15) is 4.79 Å². The number of hydrogen-bond acceptors (Lipinski definition) is 3. The van der Waals surface area contributed by atoms with Gasteiger partial charge in [0.15, 0.2) is 0 Å². The summed E-state index contributed by atoms with van der Waals surface area (Å²) in [5.41, 5.74) is 3.58. The number of aromatic nitrogens is 4. The molecule has 2 aromatic rings. The van der Waals surface area contributed by atoms with Crippen LogP contribution < -0.4 is 0 Å². The quantitative estimate of drug-likeness (QED) is 0.850.